The van der Waals surface area contributed by atoms with Crippen LogP contribution in [-0.2, 0) is 16.1 Å². The van der Waals surface area contributed by atoms with E-state index in [1.165, 1.54) is 0 Å². The van der Waals surface area contributed by atoms with Crippen molar-refractivity contribution >= 4 is 12.0 Å². The van der Waals surface area contributed by atoms with E-state index in [4.69, 9.17) is 16.2 Å². The molecule has 6 nitrogen and oxygen atoms in total. The van der Waals surface area contributed by atoms with Gasteiger partial charge in [0.25, 0.3) is 0 Å². The van der Waals surface area contributed by atoms with Crippen molar-refractivity contribution in [3.05, 3.63) is 35.4 Å². The van der Waals surface area contributed by atoms with Crippen molar-refractivity contribution < 1.29 is 14.4 Å². The lowest BCUT2D eigenvalue weighted by molar-refractivity contribution is 0.0494. The average Bonchev–Trinajstić information content (AvgIpc) is 2.42. The van der Waals surface area contributed by atoms with Gasteiger partial charge in [-0.05, 0) is 11.5 Å². The maximum atomic E-state index is 11.2. The van der Waals surface area contributed by atoms with E-state index in [2.05, 4.69) is 9.99 Å². The lowest BCUT2D eigenvalue weighted by atomic mass is 10.1. The van der Waals surface area contributed by atoms with Crippen molar-refractivity contribution in [3.8, 4) is 0 Å². The summed E-state index contributed by atoms with van der Waals surface area (Å²) < 4.78 is 4.79. The van der Waals surface area contributed by atoms with Crippen molar-refractivity contribution in [2.75, 3.05) is 6.61 Å². The number of carbonyl (C=O) groups is 1. The molecule has 0 fully saturated rings. The van der Waals surface area contributed by atoms with Crippen LogP contribution in [0.5, 0.6) is 0 Å². The second-order valence-corrected chi connectivity index (χ2v) is 4.42. The van der Waals surface area contributed by atoms with Crippen LogP contribution < -0.4 is 11.5 Å². The van der Waals surface area contributed by atoms with Gasteiger partial charge in [-0.1, -0.05) is 43.3 Å². The molecule has 0 saturated carbocycles. The molecule has 0 aliphatic heterocycles. The van der Waals surface area contributed by atoms with Gasteiger partial charge in [0, 0.05) is 12.1 Å². The van der Waals surface area contributed by atoms with Gasteiger partial charge in [0.1, 0.15) is 0 Å². The smallest absolute Gasteiger partial charge is 0.432 e. The monoisotopic (exact) mass is 265 g/mol. The predicted molar refractivity (Wildman–Crippen MR) is 72.3 cm³/mol. The number of ether oxygens (including phenoxy) is 1. The van der Waals surface area contributed by atoms with Gasteiger partial charge in [0.05, 0.1) is 6.61 Å². The van der Waals surface area contributed by atoms with E-state index in [0.29, 0.717) is 12.1 Å². The van der Waals surface area contributed by atoms with Crippen molar-refractivity contribution in [1.29, 1.82) is 0 Å². The van der Waals surface area contributed by atoms with E-state index in [9.17, 15) is 4.79 Å². The Morgan fingerprint density at radius 3 is 2.47 bits per heavy atom. The molecule has 19 heavy (non-hydrogen) atoms. The van der Waals surface area contributed by atoms with Crippen LogP contribution in [0.2, 0.25) is 0 Å². The number of rotatable bonds is 5. The minimum absolute atomic E-state index is 0.102. The van der Waals surface area contributed by atoms with Crippen molar-refractivity contribution in [3.63, 3.8) is 0 Å². The molecule has 1 aromatic carbocycles. The summed E-state index contributed by atoms with van der Waals surface area (Å²) in [6.45, 7) is 4.57. The summed E-state index contributed by atoms with van der Waals surface area (Å²) in [5, 5.41) is 3.52. The summed E-state index contributed by atoms with van der Waals surface area (Å²) in [5.74, 6) is 0.336. The van der Waals surface area contributed by atoms with E-state index < -0.39 is 6.16 Å². The molecule has 0 spiro atoms. The Morgan fingerprint density at radius 2 is 1.95 bits per heavy atom. The number of nitrogens with two attached hydrogens (primary N) is 2. The molecule has 0 aliphatic rings. The first-order valence-electron chi connectivity index (χ1n) is 5.99. The average molecular weight is 265 g/mol. The zero-order valence-electron chi connectivity index (χ0n) is 11.1. The largest absolute Gasteiger partial charge is 0.535 e. The fourth-order valence-corrected chi connectivity index (χ4v) is 1.21. The van der Waals surface area contributed by atoms with Gasteiger partial charge >= 0.3 is 6.16 Å². The second kappa shape index (κ2) is 7.38. The van der Waals surface area contributed by atoms with Crippen LogP contribution in [0.25, 0.3) is 0 Å². The highest BCUT2D eigenvalue weighted by molar-refractivity contribution is 5.97. The maximum absolute atomic E-state index is 11.2. The number of benzene rings is 1. The minimum Gasteiger partial charge on any atom is -0.432 e. The van der Waals surface area contributed by atoms with Gasteiger partial charge < -0.3 is 16.2 Å². The number of amidine groups is 1. The Morgan fingerprint density at radius 1 is 1.32 bits per heavy atom. The third kappa shape index (κ3) is 5.39. The molecule has 0 aliphatic carbocycles. The molecule has 0 radical (unpaired) electrons. The first-order chi connectivity index (χ1) is 9.02. The molecule has 104 valence electrons. The van der Waals surface area contributed by atoms with Crippen LogP contribution in [-0.4, -0.2) is 18.6 Å². The molecule has 0 heterocycles. The highest BCUT2D eigenvalue weighted by Gasteiger charge is 2.06. The molecule has 6 heteroatoms. The highest BCUT2D eigenvalue weighted by Crippen LogP contribution is 2.04. The summed E-state index contributed by atoms with van der Waals surface area (Å²) in [5.41, 5.74) is 12.8. The number of nitrogens with zero attached hydrogens (tertiary/aromatic N) is 1. The number of oxime groups is 1. The lowest BCUT2D eigenvalue weighted by Gasteiger charge is -2.05. The van der Waals surface area contributed by atoms with Gasteiger partial charge in [0.2, 0.25) is 0 Å². The van der Waals surface area contributed by atoms with Crippen molar-refractivity contribution in [2.45, 2.75) is 20.4 Å². The van der Waals surface area contributed by atoms with E-state index in [1.807, 2.05) is 26.0 Å². The standard InChI is InChI=1S/C13H19N3O3/c1-9(2)8-18-13(17)19-16-12(15)11-5-3-10(7-14)4-6-11/h3-6,9H,7-8,14H2,1-2H3,(H2,15,16). The summed E-state index contributed by atoms with van der Waals surface area (Å²) in [4.78, 5) is 15.7. The summed E-state index contributed by atoms with van der Waals surface area (Å²) in [6.07, 6.45) is -0.866. The van der Waals surface area contributed by atoms with E-state index in [-0.39, 0.29) is 18.4 Å². The van der Waals surface area contributed by atoms with E-state index in [1.54, 1.807) is 12.1 Å². The molecule has 0 saturated heterocycles. The Bertz CT molecular complexity index is 441. The summed E-state index contributed by atoms with van der Waals surface area (Å²) >= 11 is 0. The van der Waals surface area contributed by atoms with Crippen LogP contribution in [0.3, 0.4) is 0 Å². The Hall–Kier alpha value is -2.08. The van der Waals surface area contributed by atoms with Crippen LogP contribution in [0.4, 0.5) is 4.79 Å². The molecule has 1 rings (SSSR count). The molecular weight excluding hydrogens is 246 g/mol. The Kier molecular flexibility index (Phi) is 5.81. The quantitative estimate of drug-likeness (QED) is 0.277. The highest BCUT2D eigenvalue weighted by atomic mass is 16.8. The third-order valence-corrected chi connectivity index (χ3v) is 2.24. The van der Waals surface area contributed by atoms with E-state index in [0.717, 1.165) is 5.56 Å². The first kappa shape index (κ1) is 15.0. The van der Waals surface area contributed by atoms with Crippen molar-refractivity contribution in [2.24, 2.45) is 22.5 Å². The normalized spacial score (nSPS) is 11.5. The fraction of sp³-hybridized carbons (Fsp3) is 0.385. The Balaban J connectivity index is 2.53. The van der Waals surface area contributed by atoms with Gasteiger partial charge in [-0.25, -0.2) is 4.79 Å². The van der Waals surface area contributed by atoms with E-state index >= 15 is 0 Å². The number of carbonyl (C=O) groups excluding carboxylic acids is 1. The first-order valence-corrected chi connectivity index (χ1v) is 5.99. The van der Waals surface area contributed by atoms with Crippen LogP contribution in [0, 0.1) is 5.92 Å². The SMILES string of the molecule is CC(C)COC(=O)ON=C(N)c1ccc(CN)cc1. The molecule has 1 aromatic rings. The fourth-order valence-electron chi connectivity index (χ4n) is 1.21. The lowest BCUT2D eigenvalue weighted by Crippen LogP contribution is -2.16. The zero-order chi connectivity index (χ0) is 14.3. The van der Waals surface area contributed by atoms with Crippen LogP contribution in [0.15, 0.2) is 29.4 Å². The molecule has 0 amide bonds. The van der Waals surface area contributed by atoms with Crippen LogP contribution in [0.1, 0.15) is 25.0 Å². The second-order valence-electron chi connectivity index (χ2n) is 4.42. The number of hydrogen-bond donors (Lipinski definition) is 2. The number of hydrogen-bond acceptors (Lipinski definition) is 5. The summed E-state index contributed by atoms with van der Waals surface area (Å²) in [6, 6.07) is 7.16. The predicted octanol–water partition coefficient (Wildman–Crippen LogP) is 1.57. The third-order valence-electron chi connectivity index (χ3n) is 2.24. The summed E-state index contributed by atoms with van der Waals surface area (Å²) in [7, 11) is 0. The molecule has 0 unspecified atom stereocenters. The molecule has 0 aromatic heterocycles. The van der Waals surface area contributed by atoms with Gasteiger partial charge in [-0.3, -0.25) is 4.84 Å². The van der Waals surface area contributed by atoms with Gasteiger partial charge in [-0.15, -0.1) is 0 Å². The topological polar surface area (TPSA) is 99.9 Å². The Labute approximate surface area is 112 Å². The molecular formula is C13H19N3O3. The van der Waals surface area contributed by atoms with Crippen molar-refractivity contribution in [1.82, 2.24) is 0 Å². The van der Waals surface area contributed by atoms with Gasteiger partial charge in [0.15, 0.2) is 5.84 Å². The molecule has 0 bridgehead atoms. The minimum atomic E-state index is -0.866. The maximum Gasteiger partial charge on any atom is 0.535 e. The zero-order valence-corrected chi connectivity index (χ0v) is 11.1. The van der Waals surface area contributed by atoms with Crippen LogP contribution >= 0.6 is 0 Å². The van der Waals surface area contributed by atoms with Gasteiger partial charge in [-0.2, -0.15) is 0 Å². The molecule has 4 N–H and O–H groups in total. The molecule has 0 atom stereocenters.